The molecular weight excluding hydrogens is 269 g/mol. The highest BCUT2D eigenvalue weighted by Gasteiger charge is 2.18. The fourth-order valence-electron chi connectivity index (χ4n) is 2.13. The molecule has 1 aromatic heterocycles. The van der Waals surface area contributed by atoms with Crippen LogP contribution in [-0.4, -0.2) is 20.8 Å². The number of hydrogen-bond donors (Lipinski definition) is 0. The highest BCUT2D eigenvalue weighted by atomic mass is 19.1. The molecule has 2 aromatic carbocycles. The van der Waals surface area contributed by atoms with Crippen molar-refractivity contribution in [1.82, 2.24) is 15.0 Å². The number of aromatic nitrogens is 3. The Morgan fingerprint density at radius 1 is 1.14 bits per heavy atom. The number of carbonyl (C=O) groups excluding carboxylic acids is 1. The van der Waals surface area contributed by atoms with Gasteiger partial charge in [-0.25, -0.2) is 9.07 Å². The summed E-state index contributed by atoms with van der Waals surface area (Å²) in [4.78, 5) is 12.6. The van der Waals surface area contributed by atoms with E-state index in [0.717, 1.165) is 5.69 Å². The van der Waals surface area contributed by atoms with E-state index >= 15 is 0 Å². The summed E-state index contributed by atoms with van der Waals surface area (Å²) < 4.78 is 14.8. The standard InChI is InChI=1S/C16H12FN3O/c1-11-7-8-12(17)9-14(11)16(21)15-10-18-19-20(15)13-5-3-2-4-6-13/h2-10H,1H3. The molecule has 0 bridgehead atoms. The Labute approximate surface area is 120 Å². The molecule has 0 unspecified atom stereocenters. The molecule has 0 aliphatic heterocycles. The molecule has 5 heteroatoms. The second-order valence-corrected chi connectivity index (χ2v) is 4.65. The largest absolute Gasteiger partial charge is 0.287 e. The molecular formula is C16H12FN3O. The van der Waals surface area contributed by atoms with Crippen molar-refractivity contribution < 1.29 is 9.18 Å². The quantitative estimate of drug-likeness (QED) is 0.693. The Hall–Kier alpha value is -2.82. The number of aryl methyl sites for hydroxylation is 1. The van der Waals surface area contributed by atoms with E-state index in [4.69, 9.17) is 0 Å². The Bertz CT molecular complexity index is 796. The lowest BCUT2D eigenvalue weighted by molar-refractivity contribution is 0.103. The van der Waals surface area contributed by atoms with Gasteiger partial charge < -0.3 is 0 Å². The summed E-state index contributed by atoms with van der Waals surface area (Å²) in [6.07, 6.45) is 1.39. The van der Waals surface area contributed by atoms with Crippen LogP contribution in [0.1, 0.15) is 21.6 Å². The molecule has 3 rings (SSSR count). The highest BCUT2D eigenvalue weighted by molar-refractivity contribution is 6.08. The van der Waals surface area contributed by atoms with Gasteiger partial charge in [-0.1, -0.05) is 29.5 Å². The molecule has 3 aromatic rings. The van der Waals surface area contributed by atoms with E-state index in [9.17, 15) is 9.18 Å². The van der Waals surface area contributed by atoms with Crippen LogP contribution in [0.25, 0.3) is 5.69 Å². The van der Waals surface area contributed by atoms with Crippen molar-refractivity contribution >= 4 is 5.78 Å². The number of rotatable bonds is 3. The second kappa shape index (κ2) is 5.28. The zero-order valence-electron chi connectivity index (χ0n) is 11.3. The van der Waals surface area contributed by atoms with E-state index in [1.807, 2.05) is 30.3 Å². The predicted octanol–water partition coefficient (Wildman–Crippen LogP) is 2.95. The number of para-hydroxylation sites is 1. The highest BCUT2D eigenvalue weighted by Crippen LogP contribution is 2.17. The zero-order valence-corrected chi connectivity index (χ0v) is 11.3. The topological polar surface area (TPSA) is 47.8 Å². The van der Waals surface area contributed by atoms with Gasteiger partial charge in [0.1, 0.15) is 11.5 Å². The summed E-state index contributed by atoms with van der Waals surface area (Å²) in [6.45, 7) is 1.77. The van der Waals surface area contributed by atoms with E-state index in [2.05, 4.69) is 10.3 Å². The Morgan fingerprint density at radius 2 is 1.90 bits per heavy atom. The lowest BCUT2D eigenvalue weighted by atomic mass is 10.0. The predicted molar refractivity (Wildman–Crippen MR) is 75.9 cm³/mol. The monoisotopic (exact) mass is 281 g/mol. The Morgan fingerprint density at radius 3 is 2.67 bits per heavy atom. The van der Waals surface area contributed by atoms with E-state index in [1.165, 1.54) is 23.0 Å². The molecule has 0 spiro atoms. The average molecular weight is 281 g/mol. The maximum absolute atomic E-state index is 13.4. The van der Waals surface area contributed by atoms with Gasteiger partial charge in [-0.15, -0.1) is 5.10 Å². The van der Waals surface area contributed by atoms with Gasteiger partial charge in [0.25, 0.3) is 0 Å². The molecule has 0 aliphatic carbocycles. The molecule has 0 aliphatic rings. The van der Waals surface area contributed by atoms with Crippen molar-refractivity contribution in [3.8, 4) is 5.69 Å². The summed E-state index contributed by atoms with van der Waals surface area (Å²) in [6, 6.07) is 13.4. The maximum Gasteiger partial charge on any atom is 0.213 e. The zero-order chi connectivity index (χ0) is 14.8. The Kier molecular flexibility index (Phi) is 3.31. The molecule has 0 atom stereocenters. The summed E-state index contributed by atoms with van der Waals surface area (Å²) in [5.41, 5.74) is 2.05. The van der Waals surface area contributed by atoms with Crippen LogP contribution in [0.2, 0.25) is 0 Å². The van der Waals surface area contributed by atoms with E-state index in [1.54, 1.807) is 13.0 Å². The van der Waals surface area contributed by atoms with Crippen molar-refractivity contribution in [2.45, 2.75) is 6.92 Å². The minimum absolute atomic E-state index is 0.301. The number of benzene rings is 2. The van der Waals surface area contributed by atoms with Gasteiger partial charge in [0, 0.05) is 5.56 Å². The lowest BCUT2D eigenvalue weighted by Crippen LogP contribution is -2.11. The van der Waals surface area contributed by atoms with Gasteiger partial charge >= 0.3 is 0 Å². The van der Waals surface area contributed by atoms with Gasteiger partial charge in [-0.2, -0.15) is 0 Å². The fraction of sp³-hybridized carbons (Fsp3) is 0.0625. The first-order valence-electron chi connectivity index (χ1n) is 6.44. The third-order valence-corrected chi connectivity index (χ3v) is 3.23. The van der Waals surface area contributed by atoms with Crippen LogP contribution in [0.4, 0.5) is 4.39 Å². The van der Waals surface area contributed by atoms with Crippen LogP contribution in [0.3, 0.4) is 0 Å². The van der Waals surface area contributed by atoms with Gasteiger partial charge in [0.05, 0.1) is 11.9 Å². The molecule has 0 N–H and O–H groups in total. The van der Waals surface area contributed by atoms with Gasteiger partial charge in [0.15, 0.2) is 0 Å². The normalized spacial score (nSPS) is 10.6. The third-order valence-electron chi connectivity index (χ3n) is 3.23. The number of nitrogens with zero attached hydrogens (tertiary/aromatic N) is 3. The smallest absolute Gasteiger partial charge is 0.213 e. The number of ketones is 1. The van der Waals surface area contributed by atoms with Crippen LogP contribution in [0, 0.1) is 12.7 Å². The van der Waals surface area contributed by atoms with Crippen LogP contribution < -0.4 is 0 Å². The van der Waals surface area contributed by atoms with E-state index in [-0.39, 0.29) is 5.78 Å². The molecule has 0 amide bonds. The van der Waals surface area contributed by atoms with Crippen LogP contribution in [0.5, 0.6) is 0 Å². The summed E-state index contributed by atoms with van der Waals surface area (Å²) in [7, 11) is 0. The summed E-state index contributed by atoms with van der Waals surface area (Å²) >= 11 is 0. The minimum atomic E-state index is -0.442. The average Bonchev–Trinajstić information content (AvgIpc) is 2.99. The fourth-order valence-corrected chi connectivity index (χ4v) is 2.13. The molecule has 104 valence electrons. The molecule has 0 fully saturated rings. The van der Waals surface area contributed by atoms with Gasteiger partial charge in [-0.05, 0) is 36.8 Å². The van der Waals surface area contributed by atoms with Crippen molar-refractivity contribution in [2.75, 3.05) is 0 Å². The SMILES string of the molecule is Cc1ccc(F)cc1C(=O)c1cnnn1-c1ccccc1. The summed E-state index contributed by atoms with van der Waals surface area (Å²) in [5, 5.41) is 7.73. The number of hydrogen-bond acceptors (Lipinski definition) is 3. The van der Waals surface area contributed by atoms with Crippen LogP contribution in [0.15, 0.2) is 54.7 Å². The van der Waals surface area contributed by atoms with Crippen molar-refractivity contribution in [2.24, 2.45) is 0 Å². The molecule has 0 radical (unpaired) electrons. The van der Waals surface area contributed by atoms with Crippen molar-refractivity contribution in [3.05, 3.63) is 77.4 Å². The molecule has 21 heavy (non-hydrogen) atoms. The molecule has 0 saturated carbocycles. The maximum atomic E-state index is 13.4. The molecule has 0 saturated heterocycles. The molecule has 1 heterocycles. The van der Waals surface area contributed by atoms with Gasteiger partial charge in [0.2, 0.25) is 5.78 Å². The number of halogens is 1. The lowest BCUT2D eigenvalue weighted by Gasteiger charge is -2.07. The first-order chi connectivity index (χ1) is 10.2. The number of carbonyl (C=O) groups is 1. The van der Waals surface area contributed by atoms with Gasteiger partial charge in [-0.3, -0.25) is 4.79 Å². The van der Waals surface area contributed by atoms with Crippen LogP contribution in [-0.2, 0) is 0 Å². The molecule has 4 nitrogen and oxygen atoms in total. The summed E-state index contributed by atoms with van der Waals surface area (Å²) in [5.74, 6) is -0.747. The second-order valence-electron chi connectivity index (χ2n) is 4.65. The minimum Gasteiger partial charge on any atom is -0.287 e. The third kappa shape index (κ3) is 2.45. The van der Waals surface area contributed by atoms with Crippen molar-refractivity contribution in [1.29, 1.82) is 0 Å². The van der Waals surface area contributed by atoms with E-state index < -0.39 is 5.82 Å². The van der Waals surface area contributed by atoms with Crippen LogP contribution >= 0.6 is 0 Å². The van der Waals surface area contributed by atoms with E-state index in [0.29, 0.717) is 16.8 Å². The Balaban J connectivity index is 2.08. The first-order valence-corrected chi connectivity index (χ1v) is 6.44. The van der Waals surface area contributed by atoms with Crippen molar-refractivity contribution in [3.63, 3.8) is 0 Å². The first kappa shape index (κ1) is 13.2.